The molecule has 1 aromatic heterocycles. The molecule has 3 heteroatoms. The van der Waals surface area contributed by atoms with Gasteiger partial charge in [-0.3, -0.25) is 0 Å². The molecule has 130 valence electrons. The van der Waals surface area contributed by atoms with E-state index in [9.17, 15) is 0 Å². The normalized spacial score (nSPS) is 11.0. The van der Waals surface area contributed by atoms with Crippen molar-refractivity contribution in [2.75, 3.05) is 0 Å². The van der Waals surface area contributed by atoms with Gasteiger partial charge in [-0.1, -0.05) is 52.0 Å². The number of thiol groups is 1. The molecule has 0 fully saturated rings. The highest BCUT2D eigenvalue weighted by atomic mass is 32.1. The maximum absolute atomic E-state index is 4.66. The van der Waals surface area contributed by atoms with Crippen LogP contribution >= 0.6 is 12.6 Å². The van der Waals surface area contributed by atoms with Gasteiger partial charge < -0.3 is 0 Å². The van der Waals surface area contributed by atoms with E-state index in [2.05, 4.69) is 54.6 Å². The number of aryl methyl sites for hydroxylation is 2. The van der Waals surface area contributed by atoms with E-state index in [-0.39, 0.29) is 0 Å². The van der Waals surface area contributed by atoms with E-state index in [1.54, 1.807) is 0 Å². The predicted molar refractivity (Wildman–Crippen MR) is 106 cm³/mol. The van der Waals surface area contributed by atoms with Gasteiger partial charge in [0.05, 0.1) is 0 Å². The molecule has 0 atom stereocenters. The molecule has 1 aromatic carbocycles. The Labute approximate surface area is 152 Å². The van der Waals surface area contributed by atoms with E-state index in [0.717, 1.165) is 29.1 Å². The number of benzene rings is 1. The average Bonchev–Trinajstić information content (AvgIpc) is 2.60. The van der Waals surface area contributed by atoms with Crippen molar-refractivity contribution in [3.05, 3.63) is 41.7 Å². The number of unbranched alkanes of at least 4 members (excludes halogenated alkanes) is 5. The quantitative estimate of drug-likeness (QED) is 0.405. The van der Waals surface area contributed by atoms with Crippen molar-refractivity contribution in [2.24, 2.45) is 0 Å². The summed E-state index contributed by atoms with van der Waals surface area (Å²) in [5, 5.41) is 0. The van der Waals surface area contributed by atoms with Crippen LogP contribution in [0.1, 0.15) is 69.9 Å². The average molecular weight is 343 g/mol. The van der Waals surface area contributed by atoms with Gasteiger partial charge in [0, 0.05) is 22.9 Å². The maximum atomic E-state index is 4.66. The summed E-state index contributed by atoms with van der Waals surface area (Å²) >= 11 is 4.66. The monoisotopic (exact) mass is 342 g/mol. The summed E-state index contributed by atoms with van der Waals surface area (Å²) in [6.07, 6.45) is 15.0. The molecule has 0 N–H and O–H groups in total. The molecule has 2 nitrogen and oxygen atoms in total. The number of nitrogens with zero attached hydrogens (tertiary/aromatic N) is 2. The van der Waals surface area contributed by atoms with Crippen LogP contribution in [0.25, 0.3) is 11.4 Å². The molecule has 2 aromatic rings. The Morgan fingerprint density at radius 3 is 2.08 bits per heavy atom. The minimum Gasteiger partial charge on any atom is -0.236 e. The maximum Gasteiger partial charge on any atom is 0.160 e. The van der Waals surface area contributed by atoms with Crippen molar-refractivity contribution in [3.63, 3.8) is 0 Å². The van der Waals surface area contributed by atoms with Crippen LogP contribution in [0.5, 0.6) is 0 Å². The minimum atomic E-state index is 0.775. The summed E-state index contributed by atoms with van der Waals surface area (Å²) in [6.45, 7) is 4.47. The van der Waals surface area contributed by atoms with Gasteiger partial charge >= 0.3 is 0 Å². The van der Waals surface area contributed by atoms with Crippen molar-refractivity contribution in [1.29, 1.82) is 0 Å². The Morgan fingerprint density at radius 2 is 1.42 bits per heavy atom. The first-order chi connectivity index (χ1) is 11.7. The third-order valence-electron chi connectivity index (χ3n) is 4.40. The molecular weight excluding hydrogens is 312 g/mol. The van der Waals surface area contributed by atoms with Crippen LogP contribution in [0.4, 0.5) is 0 Å². The zero-order chi connectivity index (χ0) is 17.2. The summed E-state index contributed by atoms with van der Waals surface area (Å²) < 4.78 is 0. The van der Waals surface area contributed by atoms with Gasteiger partial charge in [0.25, 0.3) is 0 Å². The first kappa shape index (κ1) is 19.0. The Bertz CT molecular complexity index is 608. The first-order valence-corrected chi connectivity index (χ1v) is 9.82. The Balaban J connectivity index is 1.98. The standard InChI is InChI=1S/C21H30N2S/c1-3-5-7-9-10-17-12-13-19(20(24)14-17)21-22-15-18(16-23-21)11-8-6-4-2/h12-16,24H,3-11H2,1-2H3. The topological polar surface area (TPSA) is 25.8 Å². The molecule has 0 saturated heterocycles. The second-order valence-electron chi connectivity index (χ2n) is 6.53. The predicted octanol–water partition coefficient (Wildman–Crippen LogP) is 6.29. The summed E-state index contributed by atoms with van der Waals surface area (Å²) in [7, 11) is 0. The number of rotatable bonds is 10. The molecule has 0 aliphatic rings. The molecule has 24 heavy (non-hydrogen) atoms. The lowest BCUT2D eigenvalue weighted by Crippen LogP contribution is -1.95. The highest BCUT2D eigenvalue weighted by Crippen LogP contribution is 2.25. The number of aromatic nitrogens is 2. The van der Waals surface area contributed by atoms with E-state index in [1.165, 1.54) is 56.1 Å². The summed E-state index contributed by atoms with van der Waals surface area (Å²) in [5.74, 6) is 0.775. The highest BCUT2D eigenvalue weighted by molar-refractivity contribution is 7.80. The van der Waals surface area contributed by atoms with Crippen LogP contribution in [-0.2, 0) is 12.8 Å². The second-order valence-corrected chi connectivity index (χ2v) is 7.02. The smallest absolute Gasteiger partial charge is 0.160 e. The second kappa shape index (κ2) is 10.5. The van der Waals surface area contributed by atoms with Gasteiger partial charge in [-0.25, -0.2) is 9.97 Å². The third kappa shape index (κ3) is 5.94. The Kier molecular flexibility index (Phi) is 8.31. The molecule has 0 bridgehead atoms. The van der Waals surface area contributed by atoms with Crippen LogP contribution in [0, 0.1) is 0 Å². The fraction of sp³-hybridized carbons (Fsp3) is 0.524. The Morgan fingerprint density at radius 1 is 0.792 bits per heavy atom. The van der Waals surface area contributed by atoms with Gasteiger partial charge in [-0.2, -0.15) is 0 Å². The van der Waals surface area contributed by atoms with Gasteiger partial charge in [-0.05, 0) is 48.9 Å². The lowest BCUT2D eigenvalue weighted by molar-refractivity contribution is 0.666. The van der Waals surface area contributed by atoms with Gasteiger partial charge in [0.1, 0.15) is 0 Å². The molecule has 0 saturated carbocycles. The lowest BCUT2D eigenvalue weighted by Gasteiger charge is -2.08. The van der Waals surface area contributed by atoms with Crippen molar-refractivity contribution in [1.82, 2.24) is 9.97 Å². The van der Waals surface area contributed by atoms with E-state index in [4.69, 9.17) is 0 Å². The summed E-state index contributed by atoms with van der Waals surface area (Å²) in [5.41, 5.74) is 3.60. The third-order valence-corrected chi connectivity index (χ3v) is 4.77. The summed E-state index contributed by atoms with van der Waals surface area (Å²) in [4.78, 5) is 10.1. The fourth-order valence-electron chi connectivity index (χ4n) is 2.88. The van der Waals surface area contributed by atoms with Crippen LogP contribution in [0.15, 0.2) is 35.5 Å². The molecule has 0 unspecified atom stereocenters. The zero-order valence-electron chi connectivity index (χ0n) is 15.1. The lowest BCUT2D eigenvalue weighted by atomic mass is 10.0. The molecule has 0 aliphatic carbocycles. The molecule has 1 heterocycles. The zero-order valence-corrected chi connectivity index (χ0v) is 16.0. The first-order valence-electron chi connectivity index (χ1n) is 9.37. The van der Waals surface area contributed by atoms with E-state index in [1.807, 2.05) is 12.4 Å². The van der Waals surface area contributed by atoms with E-state index in [0.29, 0.717) is 0 Å². The van der Waals surface area contributed by atoms with Crippen molar-refractivity contribution in [3.8, 4) is 11.4 Å². The molecule has 0 radical (unpaired) electrons. The van der Waals surface area contributed by atoms with Crippen LogP contribution < -0.4 is 0 Å². The van der Waals surface area contributed by atoms with Crippen molar-refractivity contribution < 1.29 is 0 Å². The molecule has 0 spiro atoms. The van der Waals surface area contributed by atoms with Crippen molar-refractivity contribution >= 4 is 12.6 Å². The molecule has 0 amide bonds. The largest absolute Gasteiger partial charge is 0.236 e. The van der Waals surface area contributed by atoms with E-state index < -0.39 is 0 Å². The van der Waals surface area contributed by atoms with Gasteiger partial charge in [0.15, 0.2) is 5.82 Å². The van der Waals surface area contributed by atoms with E-state index >= 15 is 0 Å². The van der Waals surface area contributed by atoms with Gasteiger partial charge in [0.2, 0.25) is 0 Å². The number of hydrogen-bond donors (Lipinski definition) is 1. The van der Waals surface area contributed by atoms with Crippen LogP contribution in [0.2, 0.25) is 0 Å². The molecule has 2 rings (SSSR count). The summed E-state index contributed by atoms with van der Waals surface area (Å²) in [6, 6.07) is 6.48. The number of hydrogen-bond acceptors (Lipinski definition) is 3. The fourth-order valence-corrected chi connectivity index (χ4v) is 3.22. The van der Waals surface area contributed by atoms with Gasteiger partial charge in [-0.15, -0.1) is 12.6 Å². The minimum absolute atomic E-state index is 0.775. The van der Waals surface area contributed by atoms with Crippen LogP contribution in [0.3, 0.4) is 0 Å². The highest BCUT2D eigenvalue weighted by Gasteiger charge is 2.07. The van der Waals surface area contributed by atoms with Crippen molar-refractivity contribution in [2.45, 2.75) is 76.5 Å². The Hall–Kier alpha value is -1.35. The van der Waals surface area contributed by atoms with Crippen LogP contribution in [-0.4, -0.2) is 9.97 Å². The molecule has 0 aliphatic heterocycles. The SMILES string of the molecule is CCCCCCc1ccc(-c2ncc(CCCCC)cn2)c(S)c1. The molecular formula is C21H30N2S.